The Bertz CT molecular complexity index is 199. The molecule has 0 aromatic rings. The summed E-state index contributed by atoms with van der Waals surface area (Å²) < 4.78 is 0. The molecule has 1 heterocycles. The van der Waals surface area contributed by atoms with Crippen LogP contribution in [0.1, 0.15) is 13.3 Å². The summed E-state index contributed by atoms with van der Waals surface area (Å²) in [6.45, 7) is 2.86. The first-order chi connectivity index (χ1) is 5.83. The predicted molar refractivity (Wildman–Crippen MR) is 55.4 cm³/mol. The Morgan fingerprint density at radius 3 is 2.67 bits per heavy atom. The van der Waals surface area contributed by atoms with Crippen molar-refractivity contribution in [1.29, 1.82) is 0 Å². The topological polar surface area (TPSA) is 29.1 Å². The third-order valence-electron chi connectivity index (χ3n) is 1.56. The molecule has 0 saturated carbocycles. The van der Waals surface area contributed by atoms with Crippen LogP contribution in [0.4, 0.5) is 0 Å². The quantitative estimate of drug-likeness (QED) is 0.639. The molecule has 0 aliphatic carbocycles. The van der Waals surface area contributed by atoms with Crippen molar-refractivity contribution in [3.8, 4) is 0 Å². The van der Waals surface area contributed by atoms with E-state index >= 15 is 0 Å². The summed E-state index contributed by atoms with van der Waals surface area (Å²) in [5, 5.41) is 7.09. The van der Waals surface area contributed by atoms with E-state index in [2.05, 4.69) is 23.1 Å². The number of hydrogen-bond donors (Lipinski definition) is 2. The Kier molecular flexibility index (Phi) is 3.94. The van der Waals surface area contributed by atoms with Crippen molar-refractivity contribution in [3.63, 3.8) is 0 Å². The summed E-state index contributed by atoms with van der Waals surface area (Å²) in [5.41, 5.74) is 0. The number of amides is 1. The number of carbonyl (C=O) groups excluding carboxylic acids is 1. The van der Waals surface area contributed by atoms with Crippen molar-refractivity contribution in [2.75, 3.05) is 12.3 Å². The maximum Gasteiger partial charge on any atom is 0.228 e. The van der Waals surface area contributed by atoms with Crippen molar-refractivity contribution >= 4 is 16.8 Å². The van der Waals surface area contributed by atoms with E-state index in [0.717, 1.165) is 13.0 Å². The first-order valence-corrected chi connectivity index (χ1v) is 5.87. The van der Waals surface area contributed by atoms with Gasteiger partial charge in [-0.25, -0.2) is 10.9 Å². The molecule has 1 N–H and O–H groups in total. The maximum absolute atomic E-state index is 11.2. The van der Waals surface area contributed by atoms with Crippen LogP contribution >= 0.6 is 10.9 Å². The Labute approximate surface area is 76.1 Å². The predicted octanol–water partition coefficient (Wildman–Crippen LogP) is 1.55. The number of nitrogens with one attached hydrogen (secondary N) is 1. The van der Waals surface area contributed by atoms with Crippen LogP contribution in [0.3, 0.4) is 0 Å². The van der Waals surface area contributed by atoms with Crippen LogP contribution in [0.5, 0.6) is 0 Å². The molecule has 1 aliphatic rings. The minimum Gasteiger partial charge on any atom is -0.355 e. The molecule has 0 aromatic carbocycles. The van der Waals surface area contributed by atoms with E-state index in [0.29, 0.717) is 5.75 Å². The highest BCUT2D eigenvalue weighted by molar-refractivity contribution is 8.22. The second kappa shape index (κ2) is 5.04. The normalized spacial score (nSPS) is 16.9. The van der Waals surface area contributed by atoms with Gasteiger partial charge in [-0.15, -0.1) is 0 Å². The molecule has 0 unspecified atom stereocenters. The van der Waals surface area contributed by atoms with Gasteiger partial charge >= 0.3 is 0 Å². The molecule has 1 aliphatic heterocycles. The summed E-state index contributed by atoms with van der Waals surface area (Å²) >= 11 is 0. The van der Waals surface area contributed by atoms with Gasteiger partial charge in [0.2, 0.25) is 5.91 Å². The SMILES string of the molecule is CCCNC(=O)C[SH]1C=CC=C1. The molecule has 3 heteroatoms. The minimum atomic E-state index is -0.274. The van der Waals surface area contributed by atoms with Gasteiger partial charge in [0.25, 0.3) is 0 Å². The number of carbonyl (C=O) groups is 1. The molecule has 0 atom stereocenters. The second-order valence-electron chi connectivity index (χ2n) is 2.71. The molecular weight excluding hydrogens is 170 g/mol. The number of hydrogen-bond acceptors (Lipinski definition) is 1. The van der Waals surface area contributed by atoms with Crippen LogP contribution in [0.2, 0.25) is 0 Å². The molecular formula is C9H15NOS. The Hall–Kier alpha value is -0.700. The zero-order valence-electron chi connectivity index (χ0n) is 7.29. The molecule has 0 saturated heterocycles. The molecule has 68 valence electrons. The summed E-state index contributed by atoms with van der Waals surface area (Å²) in [6.07, 6.45) is 5.03. The van der Waals surface area contributed by atoms with Crippen LogP contribution in [0.15, 0.2) is 23.0 Å². The number of thiol groups is 1. The van der Waals surface area contributed by atoms with Gasteiger partial charge in [0, 0.05) is 6.54 Å². The van der Waals surface area contributed by atoms with Gasteiger partial charge < -0.3 is 5.32 Å². The summed E-state index contributed by atoms with van der Waals surface area (Å²) in [5.74, 6) is 0.835. The van der Waals surface area contributed by atoms with E-state index in [4.69, 9.17) is 0 Å². The first kappa shape index (κ1) is 9.39. The third kappa shape index (κ3) is 3.13. The average molecular weight is 185 g/mol. The third-order valence-corrected chi connectivity index (χ3v) is 3.33. The van der Waals surface area contributed by atoms with Gasteiger partial charge in [0.05, 0.1) is 5.75 Å². The highest BCUT2D eigenvalue weighted by Crippen LogP contribution is 2.31. The fraction of sp³-hybridized carbons (Fsp3) is 0.444. The lowest BCUT2D eigenvalue weighted by atomic mass is 10.5. The molecule has 1 amide bonds. The van der Waals surface area contributed by atoms with Crippen LogP contribution in [0.25, 0.3) is 0 Å². The number of allylic oxidation sites excluding steroid dienone is 2. The average Bonchev–Trinajstić information content (AvgIpc) is 2.53. The molecule has 2 nitrogen and oxygen atoms in total. The maximum atomic E-state index is 11.2. The van der Waals surface area contributed by atoms with Crippen LogP contribution in [-0.4, -0.2) is 18.2 Å². The highest BCUT2D eigenvalue weighted by Gasteiger charge is 2.05. The Morgan fingerprint density at radius 2 is 2.08 bits per heavy atom. The van der Waals surface area contributed by atoms with Crippen LogP contribution in [-0.2, 0) is 4.79 Å². The van der Waals surface area contributed by atoms with E-state index in [-0.39, 0.29) is 16.8 Å². The molecule has 0 radical (unpaired) electrons. The van der Waals surface area contributed by atoms with Gasteiger partial charge in [0.1, 0.15) is 0 Å². The fourth-order valence-corrected chi connectivity index (χ4v) is 2.36. The summed E-state index contributed by atoms with van der Waals surface area (Å²) in [4.78, 5) is 11.2. The van der Waals surface area contributed by atoms with Gasteiger partial charge in [-0.05, 0) is 17.2 Å². The van der Waals surface area contributed by atoms with E-state index in [9.17, 15) is 4.79 Å². The van der Waals surface area contributed by atoms with Crippen LogP contribution in [0, 0.1) is 0 Å². The fourth-order valence-electron chi connectivity index (χ4n) is 0.962. The van der Waals surface area contributed by atoms with Gasteiger partial charge in [-0.2, -0.15) is 0 Å². The first-order valence-electron chi connectivity index (χ1n) is 4.20. The Balaban J connectivity index is 2.17. The smallest absolute Gasteiger partial charge is 0.228 e. The standard InChI is InChI=1S/C9H15NOS/c1-2-5-10-9(11)8-12-6-3-4-7-12/h3-4,6-7,12H,2,5,8H2,1H3,(H,10,11). The number of rotatable bonds is 4. The molecule has 12 heavy (non-hydrogen) atoms. The zero-order chi connectivity index (χ0) is 8.81. The summed E-state index contributed by atoms with van der Waals surface area (Å²) in [6, 6.07) is 0. The molecule has 0 spiro atoms. The van der Waals surface area contributed by atoms with E-state index in [1.807, 2.05) is 12.2 Å². The summed E-state index contributed by atoms with van der Waals surface area (Å²) in [7, 11) is -0.274. The van der Waals surface area contributed by atoms with E-state index in [1.165, 1.54) is 0 Å². The lowest BCUT2D eigenvalue weighted by molar-refractivity contribution is -0.118. The highest BCUT2D eigenvalue weighted by atomic mass is 32.2. The molecule has 0 aromatic heterocycles. The van der Waals surface area contributed by atoms with Crippen LogP contribution < -0.4 is 5.32 Å². The minimum absolute atomic E-state index is 0.180. The van der Waals surface area contributed by atoms with Crippen molar-refractivity contribution in [3.05, 3.63) is 23.0 Å². The molecule has 0 bridgehead atoms. The molecule has 0 fully saturated rings. The molecule has 1 rings (SSSR count). The lowest BCUT2D eigenvalue weighted by Crippen LogP contribution is -2.26. The Morgan fingerprint density at radius 1 is 1.42 bits per heavy atom. The van der Waals surface area contributed by atoms with Crippen molar-refractivity contribution in [1.82, 2.24) is 5.32 Å². The monoisotopic (exact) mass is 185 g/mol. The van der Waals surface area contributed by atoms with Crippen molar-refractivity contribution in [2.45, 2.75) is 13.3 Å². The van der Waals surface area contributed by atoms with Gasteiger partial charge in [-0.3, -0.25) is 4.79 Å². The van der Waals surface area contributed by atoms with Gasteiger partial charge in [-0.1, -0.05) is 19.1 Å². The lowest BCUT2D eigenvalue weighted by Gasteiger charge is -2.09. The zero-order valence-corrected chi connectivity index (χ0v) is 8.18. The van der Waals surface area contributed by atoms with E-state index < -0.39 is 0 Å². The van der Waals surface area contributed by atoms with Crippen molar-refractivity contribution < 1.29 is 4.79 Å². The largest absolute Gasteiger partial charge is 0.355 e. The second-order valence-corrected chi connectivity index (χ2v) is 4.65. The van der Waals surface area contributed by atoms with Crippen molar-refractivity contribution in [2.24, 2.45) is 0 Å². The van der Waals surface area contributed by atoms with E-state index in [1.54, 1.807) is 0 Å². The van der Waals surface area contributed by atoms with Gasteiger partial charge in [0.15, 0.2) is 0 Å².